The predicted octanol–water partition coefficient (Wildman–Crippen LogP) is 0.885. The third-order valence-corrected chi connectivity index (χ3v) is 2.83. The van der Waals surface area contributed by atoms with Crippen molar-refractivity contribution >= 4 is 5.91 Å². The third-order valence-electron chi connectivity index (χ3n) is 2.83. The van der Waals surface area contributed by atoms with E-state index in [4.69, 9.17) is 10.8 Å². The molecule has 0 aromatic rings. The number of hydrogen-bond donors (Lipinski definition) is 3. The minimum Gasteiger partial charge on any atom is -0.396 e. The van der Waals surface area contributed by atoms with E-state index >= 15 is 0 Å². The molecule has 0 fully saturated rings. The summed E-state index contributed by atoms with van der Waals surface area (Å²) in [5.74, 6) is -0.0348. The van der Waals surface area contributed by atoms with Crippen LogP contribution >= 0.6 is 0 Å². The lowest BCUT2D eigenvalue weighted by Gasteiger charge is -2.32. The Bertz CT molecular complexity index is 212. The predicted molar refractivity (Wildman–Crippen MR) is 65.9 cm³/mol. The molecule has 0 saturated heterocycles. The quantitative estimate of drug-likeness (QED) is 0.634. The van der Waals surface area contributed by atoms with Crippen molar-refractivity contribution in [1.29, 1.82) is 0 Å². The zero-order chi connectivity index (χ0) is 12.8. The molecule has 0 spiro atoms. The zero-order valence-electron chi connectivity index (χ0n) is 10.9. The Morgan fingerprint density at radius 2 is 1.94 bits per heavy atom. The van der Waals surface area contributed by atoms with Crippen molar-refractivity contribution in [2.75, 3.05) is 13.2 Å². The number of carbonyl (C=O) groups excluding carboxylic acids is 1. The number of hydrogen-bond acceptors (Lipinski definition) is 3. The SMILES string of the molecule is CC(CCN)C(=O)NC(CCO)C(C)(C)C. The van der Waals surface area contributed by atoms with Gasteiger partial charge in [-0.15, -0.1) is 0 Å². The fourth-order valence-electron chi connectivity index (χ4n) is 1.55. The number of aliphatic hydroxyl groups excluding tert-OH is 1. The van der Waals surface area contributed by atoms with Gasteiger partial charge in [0.25, 0.3) is 0 Å². The Kier molecular flexibility index (Phi) is 6.60. The van der Waals surface area contributed by atoms with Gasteiger partial charge >= 0.3 is 0 Å². The summed E-state index contributed by atoms with van der Waals surface area (Å²) < 4.78 is 0. The summed E-state index contributed by atoms with van der Waals surface area (Å²) in [6.07, 6.45) is 1.28. The van der Waals surface area contributed by atoms with Gasteiger partial charge in [-0.1, -0.05) is 27.7 Å². The van der Waals surface area contributed by atoms with E-state index in [1.807, 2.05) is 6.92 Å². The van der Waals surface area contributed by atoms with E-state index in [0.717, 1.165) is 0 Å². The minimum absolute atomic E-state index is 0.00484. The van der Waals surface area contributed by atoms with Crippen LogP contribution in [0.15, 0.2) is 0 Å². The van der Waals surface area contributed by atoms with Crippen LogP contribution in [-0.2, 0) is 4.79 Å². The van der Waals surface area contributed by atoms with Crippen LogP contribution in [0.3, 0.4) is 0 Å². The molecule has 0 rings (SSSR count). The molecule has 0 aliphatic rings. The Morgan fingerprint density at radius 1 is 1.38 bits per heavy atom. The van der Waals surface area contributed by atoms with Crippen LogP contribution in [0.1, 0.15) is 40.5 Å². The fourth-order valence-corrected chi connectivity index (χ4v) is 1.55. The summed E-state index contributed by atoms with van der Waals surface area (Å²) in [5.41, 5.74) is 5.38. The zero-order valence-corrected chi connectivity index (χ0v) is 10.9. The van der Waals surface area contributed by atoms with Crippen LogP contribution in [0.25, 0.3) is 0 Å². The van der Waals surface area contributed by atoms with Crippen molar-refractivity contribution < 1.29 is 9.90 Å². The topological polar surface area (TPSA) is 75.4 Å². The summed E-state index contributed by atoms with van der Waals surface area (Å²) in [4.78, 5) is 11.8. The highest BCUT2D eigenvalue weighted by molar-refractivity contribution is 5.78. The number of amides is 1. The summed E-state index contributed by atoms with van der Waals surface area (Å²) in [5, 5.41) is 12.0. The molecule has 2 unspecified atom stereocenters. The van der Waals surface area contributed by atoms with Crippen LogP contribution in [0.5, 0.6) is 0 Å². The Labute approximate surface area is 98.6 Å². The lowest BCUT2D eigenvalue weighted by Crippen LogP contribution is -2.46. The van der Waals surface area contributed by atoms with Crippen molar-refractivity contribution in [2.45, 2.75) is 46.6 Å². The molecule has 0 aromatic carbocycles. The second kappa shape index (κ2) is 6.86. The number of nitrogens with one attached hydrogen (secondary N) is 1. The van der Waals surface area contributed by atoms with Gasteiger partial charge in [0.2, 0.25) is 5.91 Å². The van der Waals surface area contributed by atoms with Gasteiger partial charge in [0.15, 0.2) is 0 Å². The average Bonchev–Trinajstić information content (AvgIpc) is 2.15. The number of rotatable bonds is 6. The van der Waals surface area contributed by atoms with Crippen molar-refractivity contribution in [3.8, 4) is 0 Å². The van der Waals surface area contributed by atoms with E-state index in [1.165, 1.54) is 0 Å². The first-order chi connectivity index (χ1) is 7.32. The molecule has 0 aliphatic heterocycles. The molecule has 4 nitrogen and oxygen atoms in total. The van der Waals surface area contributed by atoms with Crippen LogP contribution in [0, 0.1) is 11.3 Å². The standard InChI is InChI=1S/C12H26N2O2/c1-9(5-7-13)11(16)14-10(6-8-15)12(2,3)4/h9-10,15H,5-8,13H2,1-4H3,(H,14,16). The van der Waals surface area contributed by atoms with Gasteiger partial charge in [0.1, 0.15) is 0 Å². The summed E-state index contributed by atoms with van der Waals surface area (Å²) in [7, 11) is 0. The molecule has 2 atom stereocenters. The molecular weight excluding hydrogens is 204 g/mol. The maximum Gasteiger partial charge on any atom is 0.223 e. The maximum absolute atomic E-state index is 11.8. The second-order valence-electron chi connectivity index (χ2n) is 5.42. The molecule has 4 N–H and O–H groups in total. The lowest BCUT2D eigenvalue weighted by atomic mass is 9.84. The second-order valence-corrected chi connectivity index (χ2v) is 5.42. The van der Waals surface area contributed by atoms with E-state index in [0.29, 0.717) is 19.4 Å². The summed E-state index contributed by atoms with van der Waals surface area (Å²) in [6.45, 7) is 8.66. The van der Waals surface area contributed by atoms with E-state index in [2.05, 4.69) is 26.1 Å². The van der Waals surface area contributed by atoms with Crippen molar-refractivity contribution in [3.63, 3.8) is 0 Å². The smallest absolute Gasteiger partial charge is 0.223 e. The maximum atomic E-state index is 11.8. The van der Waals surface area contributed by atoms with Gasteiger partial charge in [-0.05, 0) is 24.8 Å². The molecule has 0 bridgehead atoms. The molecule has 0 aliphatic carbocycles. The van der Waals surface area contributed by atoms with Gasteiger partial charge in [-0.25, -0.2) is 0 Å². The van der Waals surface area contributed by atoms with E-state index in [9.17, 15) is 4.79 Å². The Morgan fingerprint density at radius 3 is 2.31 bits per heavy atom. The van der Waals surface area contributed by atoms with Crippen molar-refractivity contribution in [1.82, 2.24) is 5.32 Å². The van der Waals surface area contributed by atoms with E-state index in [1.54, 1.807) is 0 Å². The molecule has 4 heteroatoms. The number of nitrogens with two attached hydrogens (primary N) is 1. The summed E-state index contributed by atoms with van der Waals surface area (Å²) in [6, 6.07) is 0.00484. The highest BCUT2D eigenvalue weighted by Crippen LogP contribution is 2.22. The van der Waals surface area contributed by atoms with Crippen molar-refractivity contribution in [3.05, 3.63) is 0 Å². The van der Waals surface area contributed by atoms with Gasteiger partial charge < -0.3 is 16.2 Å². The first-order valence-electron chi connectivity index (χ1n) is 5.94. The lowest BCUT2D eigenvalue weighted by molar-refractivity contribution is -0.126. The highest BCUT2D eigenvalue weighted by atomic mass is 16.3. The first-order valence-corrected chi connectivity index (χ1v) is 5.94. The Hall–Kier alpha value is -0.610. The number of aliphatic hydroxyl groups is 1. The molecule has 16 heavy (non-hydrogen) atoms. The van der Waals surface area contributed by atoms with Gasteiger partial charge in [0.05, 0.1) is 0 Å². The molecule has 1 amide bonds. The van der Waals surface area contributed by atoms with Crippen LogP contribution < -0.4 is 11.1 Å². The molecule has 0 aromatic heterocycles. The highest BCUT2D eigenvalue weighted by Gasteiger charge is 2.26. The van der Waals surface area contributed by atoms with E-state index in [-0.39, 0.29) is 29.9 Å². The molecule has 0 radical (unpaired) electrons. The third kappa shape index (κ3) is 5.47. The fraction of sp³-hybridized carbons (Fsp3) is 0.917. The molecule has 0 heterocycles. The van der Waals surface area contributed by atoms with Crippen LogP contribution in [-0.4, -0.2) is 30.2 Å². The van der Waals surface area contributed by atoms with Gasteiger partial charge in [-0.2, -0.15) is 0 Å². The molecular formula is C12H26N2O2. The van der Waals surface area contributed by atoms with E-state index < -0.39 is 0 Å². The largest absolute Gasteiger partial charge is 0.396 e. The normalized spacial score (nSPS) is 15.6. The minimum atomic E-state index is -0.0615. The number of carbonyl (C=O) groups is 1. The van der Waals surface area contributed by atoms with Crippen LogP contribution in [0.2, 0.25) is 0 Å². The molecule has 96 valence electrons. The average molecular weight is 230 g/mol. The van der Waals surface area contributed by atoms with Crippen molar-refractivity contribution in [2.24, 2.45) is 17.1 Å². The Balaban J connectivity index is 4.34. The van der Waals surface area contributed by atoms with Gasteiger partial charge in [-0.3, -0.25) is 4.79 Å². The van der Waals surface area contributed by atoms with Crippen LogP contribution in [0.4, 0.5) is 0 Å². The molecule has 0 saturated carbocycles. The summed E-state index contributed by atoms with van der Waals surface area (Å²) >= 11 is 0. The first kappa shape index (κ1) is 15.4. The monoisotopic (exact) mass is 230 g/mol. The van der Waals surface area contributed by atoms with Gasteiger partial charge in [0, 0.05) is 18.6 Å².